The standard InChI is InChI=1S/C25H26ClN3O4S/c1-3-16-33-23-12-6-20(7-13-23)17-27-28-25(30)18-29(22-10-8-21(26)9-11-22)34(31,32)24-14-4-19(2)5-15-24/h4-15,17H,3,16,18H2,1-2H3,(H,28,30)/b27-17-. The van der Waals surface area contributed by atoms with Crippen LogP contribution in [0, 0.1) is 6.92 Å². The number of ether oxygens (including phenoxy) is 1. The summed E-state index contributed by atoms with van der Waals surface area (Å²) in [5.41, 5.74) is 4.38. The molecule has 0 bridgehead atoms. The molecule has 0 aliphatic rings. The van der Waals surface area contributed by atoms with Crippen molar-refractivity contribution in [1.82, 2.24) is 5.43 Å². The number of sulfonamides is 1. The number of carbonyl (C=O) groups is 1. The second-order valence-corrected chi connectivity index (χ2v) is 9.81. The number of hydrogen-bond donors (Lipinski definition) is 1. The van der Waals surface area contributed by atoms with E-state index in [1.807, 2.05) is 38.1 Å². The first-order valence-corrected chi connectivity index (χ1v) is 12.5. The summed E-state index contributed by atoms with van der Waals surface area (Å²) in [5.74, 6) is 0.160. The molecule has 0 unspecified atom stereocenters. The Hall–Kier alpha value is -3.36. The van der Waals surface area contributed by atoms with E-state index in [1.54, 1.807) is 36.4 Å². The molecule has 0 atom stereocenters. The Labute approximate surface area is 205 Å². The average Bonchev–Trinajstić information content (AvgIpc) is 2.83. The van der Waals surface area contributed by atoms with Gasteiger partial charge in [-0.15, -0.1) is 0 Å². The van der Waals surface area contributed by atoms with Gasteiger partial charge < -0.3 is 4.74 Å². The highest BCUT2D eigenvalue weighted by atomic mass is 35.5. The van der Waals surface area contributed by atoms with Gasteiger partial charge in [0.1, 0.15) is 12.3 Å². The van der Waals surface area contributed by atoms with Crippen LogP contribution in [0.5, 0.6) is 5.75 Å². The van der Waals surface area contributed by atoms with Crippen molar-refractivity contribution in [2.75, 3.05) is 17.5 Å². The number of rotatable bonds is 10. The molecular formula is C25H26ClN3O4S. The summed E-state index contributed by atoms with van der Waals surface area (Å²) in [7, 11) is -4.00. The maximum Gasteiger partial charge on any atom is 0.264 e. The van der Waals surface area contributed by atoms with Gasteiger partial charge in [0.2, 0.25) is 0 Å². The van der Waals surface area contributed by atoms with Crippen molar-refractivity contribution in [3.05, 3.63) is 88.9 Å². The van der Waals surface area contributed by atoms with Gasteiger partial charge in [-0.25, -0.2) is 13.8 Å². The largest absolute Gasteiger partial charge is 0.494 e. The molecule has 1 N–H and O–H groups in total. The fraction of sp³-hybridized carbons (Fsp3) is 0.200. The van der Waals surface area contributed by atoms with E-state index in [9.17, 15) is 13.2 Å². The van der Waals surface area contributed by atoms with Gasteiger partial charge in [0.05, 0.1) is 23.4 Å². The highest BCUT2D eigenvalue weighted by Gasteiger charge is 2.27. The number of amides is 1. The van der Waals surface area contributed by atoms with Crippen molar-refractivity contribution >= 4 is 39.4 Å². The molecule has 7 nitrogen and oxygen atoms in total. The molecule has 3 aromatic carbocycles. The van der Waals surface area contributed by atoms with Crippen molar-refractivity contribution in [3.63, 3.8) is 0 Å². The average molecular weight is 500 g/mol. The first kappa shape index (κ1) is 25.3. The summed E-state index contributed by atoms with van der Waals surface area (Å²) in [6.45, 7) is 4.08. The second kappa shape index (κ2) is 11.7. The third-order valence-corrected chi connectivity index (χ3v) is 6.81. The smallest absolute Gasteiger partial charge is 0.264 e. The molecule has 0 saturated carbocycles. The zero-order valence-corrected chi connectivity index (χ0v) is 20.5. The van der Waals surface area contributed by atoms with Crippen molar-refractivity contribution in [1.29, 1.82) is 0 Å². The van der Waals surface area contributed by atoms with Crippen molar-refractivity contribution < 1.29 is 17.9 Å². The third-order valence-electron chi connectivity index (χ3n) is 4.77. The van der Waals surface area contributed by atoms with Crippen LogP contribution in [0.2, 0.25) is 5.02 Å². The van der Waals surface area contributed by atoms with Crippen LogP contribution in [0.15, 0.2) is 82.8 Å². The van der Waals surface area contributed by atoms with Gasteiger partial charge in [-0.3, -0.25) is 9.10 Å². The Morgan fingerprint density at radius 2 is 1.68 bits per heavy atom. The summed E-state index contributed by atoms with van der Waals surface area (Å²) in [5, 5.41) is 4.41. The second-order valence-electron chi connectivity index (χ2n) is 7.51. The SMILES string of the molecule is CCCOc1ccc(/C=N\NC(=O)CN(c2ccc(Cl)cc2)S(=O)(=O)c2ccc(C)cc2)cc1. The Balaban J connectivity index is 1.74. The van der Waals surface area contributed by atoms with Crippen molar-refractivity contribution in [2.45, 2.75) is 25.2 Å². The van der Waals surface area contributed by atoms with Gasteiger partial charge in [-0.05, 0) is 79.6 Å². The van der Waals surface area contributed by atoms with Crippen LogP contribution in [0.4, 0.5) is 5.69 Å². The molecule has 0 aliphatic carbocycles. The first-order valence-electron chi connectivity index (χ1n) is 10.7. The summed E-state index contributed by atoms with van der Waals surface area (Å²) in [6, 6.07) is 19.9. The predicted molar refractivity (Wildman–Crippen MR) is 135 cm³/mol. The molecule has 0 radical (unpaired) electrons. The van der Waals surface area contributed by atoms with Gasteiger partial charge in [0.15, 0.2) is 0 Å². The van der Waals surface area contributed by atoms with Gasteiger partial charge in [0, 0.05) is 5.02 Å². The van der Waals surface area contributed by atoms with Crippen LogP contribution in [-0.2, 0) is 14.8 Å². The number of nitrogens with one attached hydrogen (secondary N) is 1. The monoisotopic (exact) mass is 499 g/mol. The summed E-state index contributed by atoms with van der Waals surface area (Å²) < 4.78 is 33.2. The lowest BCUT2D eigenvalue weighted by Gasteiger charge is -2.23. The maximum absolute atomic E-state index is 13.3. The molecular weight excluding hydrogens is 474 g/mol. The van der Waals surface area contributed by atoms with E-state index in [-0.39, 0.29) is 4.90 Å². The first-order chi connectivity index (χ1) is 16.3. The van der Waals surface area contributed by atoms with E-state index in [0.717, 1.165) is 27.6 Å². The molecule has 0 heterocycles. The van der Waals surface area contributed by atoms with E-state index in [2.05, 4.69) is 10.5 Å². The van der Waals surface area contributed by atoms with Crippen molar-refractivity contribution in [2.24, 2.45) is 5.10 Å². The maximum atomic E-state index is 13.3. The van der Waals surface area contributed by atoms with Gasteiger partial charge in [-0.2, -0.15) is 5.10 Å². The number of halogens is 1. The topological polar surface area (TPSA) is 88.1 Å². The Morgan fingerprint density at radius 3 is 2.29 bits per heavy atom. The molecule has 0 fully saturated rings. The lowest BCUT2D eigenvalue weighted by atomic mass is 10.2. The quantitative estimate of drug-likeness (QED) is 0.321. The van der Waals surface area contributed by atoms with E-state index < -0.39 is 22.5 Å². The van der Waals surface area contributed by atoms with Crippen LogP contribution in [0.25, 0.3) is 0 Å². The number of hydrazone groups is 1. The van der Waals surface area contributed by atoms with Gasteiger partial charge in [-0.1, -0.05) is 36.2 Å². The lowest BCUT2D eigenvalue weighted by molar-refractivity contribution is -0.119. The number of anilines is 1. The predicted octanol–water partition coefficient (Wildman–Crippen LogP) is 4.78. The minimum Gasteiger partial charge on any atom is -0.494 e. The number of hydrogen-bond acceptors (Lipinski definition) is 5. The number of benzene rings is 3. The van der Waals surface area contributed by atoms with Crippen LogP contribution in [-0.4, -0.2) is 33.7 Å². The van der Waals surface area contributed by atoms with Crippen LogP contribution in [0.3, 0.4) is 0 Å². The van der Waals surface area contributed by atoms with Gasteiger partial charge >= 0.3 is 0 Å². The fourth-order valence-corrected chi connectivity index (χ4v) is 4.52. The zero-order chi connectivity index (χ0) is 24.6. The molecule has 3 aromatic rings. The number of aryl methyl sites for hydroxylation is 1. The molecule has 1 amide bonds. The highest BCUT2D eigenvalue weighted by molar-refractivity contribution is 7.92. The number of carbonyl (C=O) groups excluding carboxylic acids is 1. The minimum absolute atomic E-state index is 0.0785. The molecule has 34 heavy (non-hydrogen) atoms. The lowest BCUT2D eigenvalue weighted by Crippen LogP contribution is -2.39. The Kier molecular flexibility index (Phi) is 8.67. The molecule has 9 heteroatoms. The molecule has 0 saturated heterocycles. The Bertz CT molecular complexity index is 1230. The summed E-state index contributed by atoms with van der Waals surface area (Å²) >= 11 is 5.96. The zero-order valence-electron chi connectivity index (χ0n) is 18.9. The van der Waals surface area contributed by atoms with E-state index in [4.69, 9.17) is 16.3 Å². The van der Waals surface area contributed by atoms with Crippen LogP contribution in [0.1, 0.15) is 24.5 Å². The molecule has 178 valence electrons. The molecule has 3 rings (SSSR count). The summed E-state index contributed by atoms with van der Waals surface area (Å²) in [4.78, 5) is 12.7. The molecule has 0 aliphatic heterocycles. The molecule has 0 spiro atoms. The van der Waals surface area contributed by atoms with Crippen LogP contribution < -0.4 is 14.5 Å². The number of nitrogens with zero attached hydrogens (tertiary/aromatic N) is 2. The fourth-order valence-electron chi connectivity index (χ4n) is 2.97. The highest BCUT2D eigenvalue weighted by Crippen LogP contribution is 2.25. The molecule has 0 aromatic heterocycles. The van der Waals surface area contributed by atoms with Crippen LogP contribution >= 0.6 is 11.6 Å². The minimum atomic E-state index is -4.00. The van der Waals surface area contributed by atoms with E-state index in [0.29, 0.717) is 17.3 Å². The van der Waals surface area contributed by atoms with E-state index in [1.165, 1.54) is 18.3 Å². The summed E-state index contributed by atoms with van der Waals surface area (Å²) in [6.07, 6.45) is 2.39. The van der Waals surface area contributed by atoms with Gasteiger partial charge in [0.25, 0.3) is 15.9 Å². The Morgan fingerprint density at radius 1 is 1.03 bits per heavy atom. The normalized spacial score (nSPS) is 11.4. The third kappa shape index (κ3) is 6.82. The van der Waals surface area contributed by atoms with Crippen molar-refractivity contribution in [3.8, 4) is 5.75 Å². The van der Waals surface area contributed by atoms with E-state index >= 15 is 0 Å².